The van der Waals surface area contributed by atoms with Crippen LogP contribution in [0.2, 0.25) is 0 Å². The van der Waals surface area contributed by atoms with Crippen molar-refractivity contribution in [2.24, 2.45) is 5.92 Å². The second kappa shape index (κ2) is 5.06. The van der Waals surface area contributed by atoms with E-state index in [1.165, 1.54) is 0 Å². The minimum absolute atomic E-state index is 0.0853. The molecule has 0 amide bonds. The summed E-state index contributed by atoms with van der Waals surface area (Å²) in [6, 6.07) is 5.72. The van der Waals surface area contributed by atoms with Gasteiger partial charge < -0.3 is 10.4 Å². The van der Waals surface area contributed by atoms with Gasteiger partial charge in [0, 0.05) is 12.7 Å². The summed E-state index contributed by atoms with van der Waals surface area (Å²) in [6.07, 6.45) is 3.39. The standard InChI is InChI=1S/C12H15N3O/c13-6-11-3-9(1-2-15-11)7-14-8-10-4-12(16)5-10/h1-3,10,12,14,16H,4-5,7-8H2. The summed E-state index contributed by atoms with van der Waals surface area (Å²) < 4.78 is 0. The summed E-state index contributed by atoms with van der Waals surface area (Å²) >= 11 is 0. The van der Waals surface area contributed by atoms with E-state index in [0.29, 0.717) is 11.6 Å². The van der Waals surface area contributed by atoms with Crippen LogP contribution in [0, 0.1) is 17.2 Å². The molecule has 1 saturated carbocycles. The van der Waals surface area contributed by atoms with Crippen LogP contribution in [0.5, 0.6) is 0 Å². The monoisotopic (exact) mass is 217 g/mol. The molecule has 2 rings (SSSR count). The zero-order chi connectivity index (χ0) is 11.4. The lowest BCUT2D eigenvalue weighted by Crippen LogP contribution is -2.35. The lowest BCUT2D eigenvalue weighted by Gasteiger charge is -2.31. The first-order valence-corrected chi connectivity index (χ1v) is 5.51. The average molecular weight is 217 g/mol. The number of pyridine rings is 1. The maximum absolute atomic E-state index is 9.13. The largest absolute Gasteiger partial charge is 0.393 e. The molecule has 1 fully saturated rings. The first-order valence-electron chi connectivity index (χ1n) is 5.51. The van der Waals surface area contributed by atoms with Crippen molar-refractivity contribution in [1.29, 1.82) is 5.26 Å². The quantitative estimate of drug-likeness (QED) is 0.783. The Bertz CT molecular complexity index is 393. The van der Waals surface area contributed by atoms with Gasteiger partial charge in [-0.25, -0.2) is 4.98 Å². The van der Waals surface area contributed by atoms with E-state index in [1.807, 2.05) is 12.1 Å². The molecule has 4 nitrogen and oxygen atoms in total. The van der Waals surface area contributed by atoms with Crippen molar-refractivity contribution in [3.63, 3.8) is 0 Å². The van der Waals surface area contributed by atoms with Gasteiger partial charge in [0.15, 0.2) is 0 Å². The van der Waals surface area contributed by atoms with Gasteiger partial charge in [-0.3, -0.25) is 0 Å². The molecule has 0 radical (unpaired) electrons. The maximum atomic E-state index is 9.13. The van der Waals surface area contributed by atoms with Crippen molar-refractivity contribution < 1.29 is 5.11 Å². The fourth-order valence-corrected chi connectivity index (χ4v) is 1.93. The second-order valence-corrected chi connectivity index (χ2v) is 4.28. The molecule has 1 aliphatic carbocycles. The van der Waals surface area contributed by atoms with Crippen LogP contribution in [-0.2, 0) is 6.54 Å². The van der Waals surface area contributed by atoms with E-state index < -0.39 is 0 Å². The van der Waals surface area contributed by atoms with Crippen molar-refractivity contribution in [1.82, 2.24) is 10.3 Å². The fraction of sp³-hybridized carbons (Fsp3) is 0.500. The molecule has 2 N–H and O–H groups in total. The Morgan fingerprint density at radius 1 is 1.56 bits per heavy atom. The summed E-state index contributed by atoms with van der Waals surface area (Å²) in [5, 5.41) is 21.1. The molecular formula is C12H15N3O. The molecule has 0 spiro atoms. The van der Waals surface area contributed by atoms with Gasteiger partial charge in [-0.2, -0.15) is 5.26 Å². The van der Waals surface area contributed by atoms with Crippen molar-refractivity contribution in [2.45, 2.75) is 25.5 Å². The zero-order valence-electron chi connectivity index (χ0n) is 9.06. The number of nitrogens with zero attached hydrogens (tertiary/aromatic N) is 2. The van der Waals surface area contributed by atoms with Gasteiger partial charge in [-0.05, 0) is 43.0 Å². The van der Waals surface area contributed by atoms with Gasteiger partial charge in [-0.15, -0.1) is 0 Å². The molecule has 0 atom stereocenters. The van der Waals surface area contributed by atoms with Crippen LogP contribution in [0.15, 0.2) is 18.3 Å². The number of aliphatic hydroxyl groups is 1. The lowest BCUT2D eigenvalue weighted by molar-refractivity contribution is 0.0430. The Morgan fingerprint density at radius 3 is 3.06 bits per heavy atom. The molecule has 0 bridgehead atoms. The first kappa shape index (κ1) is 11.1. The van der Waals surface area contributed by atoms with Gasteiger partial charge in [-0.1, -0.05) is 0 Å². The molecule has 4 heteroatoms. The third-order valence-corrected chi connectivity index (χ3v) is 2.91. The maximum Gasteiger partial charge on any atom is 0.140 e. The second-order valence-electron chi connectivity index (χ2n) is 4.28. The molecule has 0 unspecified atom stereocenters. The van der Waals surface area contributed by atoms with Crippen LogP contribution in [0.1, 0.15) is 24.1 Å². The smallest absolute Gasteiger partial charge is 0.140 e. The Morgan fingerprint density at radius 2 is 2.38 bits per heavy atom. The van der Waals surface area contributed by atoms with Crippen molar-refractivity contribution >= 4 is 0 Å². The number of hydrogen-bond donors (Lipinski definition) is 2. The first-order chi connectivity index (χ1) is 7.78. The number of nitriles is 1. The number of aliphatic hydroxyl groups excluding tert-OH is 1. The molecular weight excluding hydrogens is 202 g/mol. The summed E-state index contributed by atoms with van der Waals surface area (Å²) in [7, 11) is 0. The highest BCUT2D eigenvalue weighted by Gasteiger charge is 2.26. The molecule has 0 saturated heterocycles. The molecule has 1 heterocycles. The lowest BCUT2D eigenvalue weighted by atomic mass is 9.82. The number of rotatable bonds is 4. The van der Waals surface area contributed by atoms with Crippen molar-refractivity contribution in [3.05, 3.63) is 29.6 Å². The highest BCUT2D eigenvalue weighted by molar-refractivity contribution is 5.25. The third kappa shape index (κ3) is 2.78. The molecule has 16 heavy (non-hydrogen) atoms. The number of nitrogens with one attached hydrogen (secondary N) is 1. The van der Waals surface area contributed by atoms with Crippen molar-refractivity contribution in [2.75, 3.05) is 6.54 Å². The topological polar surface area (TPSA) is 68.9 Å². The highest BCUT2D eigenvalue weighted by atomic mass is 16.3. The fourth-order valence-electron chi connectivity index (χ4n) is 1.93. The average Bonchev–Trinajstić information content (AvgIpc) is 2.27. The Labute approximate surface area is 94.9 Å². The summed E-state index contributed by atoms with van der Waals surface area (Å²) in [6.45, 7) is 1.69. The van der Waals surface area contributed by atoms with Gasteiger partial charge in [0.1, 0.15) is 11.8 Å². The van der Waals surface area contributed by atoms with Crippen LogP contribution >= 0.6 is 0 Å². The number of aromatic nitrogens is 1. The predicted molar refractivity (Wildman–Crippen MR) is 59.4 cm³/mol. The van der Waals surface area contributed by atoms with Gasteiger partial charge in [0.2, 0.25) is 0 Å². The molecule has 0 aliphatic heterocycles. The van der Waals surface area contributed by atoms with Gasteiger partial charge in [0.25, 0.3) is 0 Å². The van der Waals surface area contributed by atoms with Gasteiger partial charge in [0.05, 0.1) is 6.10 Å². The zero-order valence-corrected chi connectivity index (χ0v) is 9.06. The molecule has 84 valence electrons. The Balaban J connectivity index is 1.75. The molecule has 1 aromatic rings. The Kier molecular flexibility index (Phi) is 3.50. The van der Waals surface area contributed by atoms with E-state index in [2.05, 4.69) is 10.3 Å². The normalized spacial score (nSPS) is 23.5. The highest BCUT2D eigenvalue weighted by Crippen LogP contribution is 2.26. The minimum Gasteiger partial charge on any atom is -0.393 e. The minimum atomic E-state index is -0.0853. The van der Waals surface area contributed by atoms with E-state index in [0.717, 1.165) is 31.5 Å². The van der Waals surface area contributed by atoms with Crippen LogP contribution in [0.25, 0.3) is 0 Å². The van der Waals surface area contributed by atoms with E-state index in [1.54, 1.807) is 12.3 Å². The molecule has 1 aromatic heterocycles. The van der Waals surface area contributed by atoms with E-state index in [9.17, 15) is 0 Å². The van der Waals surface area contributed by atoms with Crippen LogP contribution in [-0.4, -0.2) is 22.7 Å². The van der Waals surface area contributed by atoms with E-state index in [4.69, 9.17) is 10.4 Å². The Hall–Kier alpha value is -1.44. The van der Waals surface area contributed by atoms with Gasteiger partial charge >= 0.3 is 0 Å². The van der Waals surface area contributed by atoms with E-state index in [-0.39, 0.29) is 6.10 Å². The summed E-state index contributed by atoms with van der Waals surface area (Å²) in [5.41, 5.74) is 1.53. The molecule has 1 aliphatic rings. The van der Waals surface area contributed by atoms with Crippen molar-refractivity contribution in [3.8, 4) is 6.07 Å². The third-order valence-electron chi connectivity index (χ3n) is 2.91. The predicted octanol–water partition coefficient (Wildman–Crippen LogP) is 0.814. The summed E-state index contributed by atoms with van der Waals surface area (Å²) in [5.74, 6) is 0.604. The van der Waals surface area contributed by atoms with Crippen LogP contribution in [0.3, 0.4) is 0 Å². The van der Waals surface area contributed by atoms with E-state index >= 15 is 0 Å². The van der Waals surface area contributed by atoms with Crippen LogP contribution in [0.4, 0.5) is 0 Å². The number of hydrogen-bond acceptors (Lipinski definition) is 4. The SMILES string of the molecule is N#Cc1cc(CNCC2CC(O)C2)ccn1. The summed E-state index contributed by atoms with van der Waals surface area (Å²) in [4.78, 5) is 3.92. The molecule has 0 aromatic carbocycles. The van der Waals surface area contributed by atoms with Crippen LogP contribution < -0.4 is 5.32 Å².